The molecule has 20 heavy (non-hydrogen) atoms. The van der Waals surface area contributed by atoms with Crippen molar-refractivity contribution in [3.05, 3.63) is 47.7 Å². The Balaban J connectivity index is 2.08. The number of aromatic nitrogens is 1. The first kappa shape index (κ1) is 13.9. The lowest BCUT2D eigenvalue weighted by Gasteiger charge is -2.07. The molecule has 5 heteroatoms. The molecule has 0 aliphatic carbocycles. The van der Waals surface area contributed by atoms with E-state index in [0.29, 0.717) is 29.4 Å². The smallest absolute Gasteiger partial charge is 0.255 e. The van der Waals surface area contributed by atoms with E-state index in [1.807, 2.05) is 19.9 Å². The summed E-state index contributed by atoms with van der Waals surface area (Å²) in [5.41, 5.74) is 8.47. The van der Waals surface area contributed by atoms with Crippen LogP contribution in [0.5, 0.6) is 5.88 Å². The van der Waals surface area contributed by atoms with Gasteiger partial charge in [0.1, 0.15) is 0 Å². The second kappa shape index (κ2) is 6.06. The number of amides is 1. The maximum absolute atomic E-state index is 12.1. The fraction of sp³-hybridized carbons (Fsp3) is 0.200. The van der Waals surface area contributed by atoms with Gasteiger partial charge in [-0.25, -0.2) is 4.98 Å². The number of carbonyl (C=O) groups is 1. The molecule has 0 unspecified atom stereocenters. The number of nitrogens with two attached hydrogens (primary N) is 1. The summed E-state index contributed by atoms with van der Waals surface area (Å²) in [6.45, 7) is 4.34. The number of benzene rings is 1. The first-order valence-corrected chi connectivity index (χ1v) is 6.36. The van der Waals surface area contributed by atoms with Crippen LogP contribution in [0, 0.1) is 6.92 Å². The third kappa shape index (κ3) is 3.26. The summed E-state index contributed by atoms with van der Waals surface area (Å²) < 4.78 is 5.24. The van der Waals surface area contributed by atoms with E-state index >= 15 is 0 Å². The number of aryl methyl sites for hydroxylation is 1. The Morgan fingerprint density at radius 1 is 1.35 bits per heavy atom. The summed E-state index contributed by atoms with van der Waals surface area (Å²) in [6, 6.07) is 8.67. The van der Waals surface area contributed by atoms with Gasteiger partial charge < -0.3 is 15.8 Å². The topological polar surface area (TPSA) is 77.2 Å². The maximum Gasteiger partial charge on any atom is 0.255 e. The number of rotatable bonds is 4. The third-order valence-corrected chi connectivity index (χ3v) is 2.83. The molecule has 0 bridgehead atoms. The summed E-state index contributed by atoms with van der Waals surface area (Å²) in [6.07, 6.45) is 1.56. The first-order chi connectivity index (χ1) is 9.60. The number of nitrogen functional groups attached to an aromatic ring is 1. The molecular formula is C15H17N3O2. The van der Waals surface area contributed by atoms with Crippen LogP contribution in [-0.2, 0) is 0 Å². The van der Waals surface area contributed by atoms with Gasteiger partial charge in [0.05, 0.1) is 18.5 Å². The molecule has 0 saturated heterocycles. The zero-order valence-corrected chi connectivity index (χ0v) is 11.5. The number of ether oxygens (including phenoxy) is 1. The molecule has 1 aromatic carbocycles. The Morgan fingerprint density at radius 2 is 2.15 bits per heavy atom. The minimum atomic E-state index is -0.220. The lowest BCUT2D eigenvalue weighted by Crippen LogP contribution is -2.12. The lowest BCUT2D eigenvalue weighted by atomic mass is 10.1. The van der Waals surface area contributed by atoms with Gasteiger partial charge in [0.2, 0.25) is 5.88 Å². The second-order valence-electron chi connectivity index (χ2n) is 4.34. The van der Waals surface area contributed by atoms with Crippen molar-refractivity contribution in [3.8, 4) is 5.88 Å². The molecule has 0 atom stereocenters. The molecule has 0 spiro atoms. The molecule has 1 aromatic heterocycles. The Kier molecular flexibility index (Phi) is 4.20. The van der Waals surface area contributed by atoms with Gasteiger partial charge in [-0.3, -0.25) is 4.79 Å². The van der Waals surface area contributed by atoms with Crippen molar-refractivity contribution in [2.45, 2.75) is 13.8 Å². The highest BCUT2D eigenvalue weighted by Gasteiger charge is 2.07. The highest BCUT2D eigenvalue weighted by atomic mass is 16.5. The number of anilines is 2. The minimum Gasteiger partial charge on any atom is -0.478 e. The molecule has 5 nitrogen and oxygen atoms in total. The molecule has 1 amide bonds. The molecule has 2 aromatic rings. The SMILES string of the molecule is CCOc1ccc(NC(=O)c2ccc(C)c(N)c2)cn1. The van der Waals surface area contributed by atoms with Crippen molar-refractivity contribution in [3.63, 3.8) is 0 Å². The van der Waals surface area contributed by atoms with Gasteiger partial charge in [0.15, 0.2) is 0 Å². The monoisotopic (exact) mass is 271 g/mol. The van der Waals surface area contributed by atoms with Gasteiger partial charge in [-0.15, -0.1) is 0 Å². The predicted molar refractivity (Wildman–Crippen MR) is 79.0 cm³/mol. The molecule has 0 fully saturated rings. The van der Waals surface area contributed by atoms with E-state index in [9.17, 15) is 4.79 Å². The summed E-state index contributed by atoms with van der Waals surface area (Å²) in [7, 11) is 0. The number of carbonyl (C=O) groups excluding carboxylic acids is 1. The third-order valence-electron chi connectivity index (χ3n) is 2.83. The van der Waals surface area contributed by atoms with Gasteiger partial charge in [0, 0.05) is 17.3 Å². The summed E-state index contributed by atoms with van der Waals surface area (Å²) in [5.74, 6) is 0.313. The molecule has 3 N–H and O–H groups in total. The van der Waals surface area contributed by atoms with E-state index in [4.69, 9.17) is 10.5 Å². The van der Waals surface area contributed by atoms with Crippen LogP contribution in [0.15, 0.2) is 36.5 Å². The minimum absolute atomic E-state index is 0.220. The summed E-state index contributed by atoms with van der Waals surface area (Å²) in [5, 5.41) is 2.76. The first-order valence-electron chi connectivity index (χ1n) is 6.36. The van der Waals surface area contributed by atoms with Crippen LogP contribution < -0.4 is 15.8 Å². The molecule has 104 valence electrons. The number of pyridine rings is 1. The fourth-order valence-electron chi connectivity index (χ4n) is 1.67. The molecule has 1 heterocycles. The Morgan fingerprint density at radius 3 is 2.75 bits per heavy atom. The van der Waals surface area contributed by atoms with Gasteiger partial charge >= 0.3 is 0 Å². The zero-order valence-electron chi connectivity index (χ0n) is 11.5. The van der Waals surface area contributed by atoms with Crippen LogP contribution in [0.1, 0.15) is 22.8 Å². The second-order valence-corrected chi connectivity index (χ2v) is 4.34. The quantitative estimate of drug-likeness (QED) is 0.838. The van der Waals surface area contributed by atoms with Crippen LogP contribution in [0.2, 0.25) is 0 Å². The maximum atomic E-state index is 12.1. The van der Waals surface area contributed by atoms with Crippen molar-refractivity contribution < 1.29 is 9.53 Å². The van der Waals surface area contributed by atoms with E-state index < -0.39 is 0 Å². The van der Waals surface area contributed by atoms with E-state index in [1.54, 1.807) is 30.5 Å². The largest absolute Gasteiger partial charge is 0.478 e. The molecule has 0 aliphatic heterocycles. The molecule has 2 rings (SSSR count). The summed E-state index contributed by atoms with van der Waals surface area (Å²) >= 11 is 0. The number of nitrogens with one attached hydrogen (secondary N) is 1. The van der Waals surface area contributed by atoms with Crippen molar-refractivity contribution in [2.75, 3.05) is 17.7 Å². The molecule has 0 saturated carbocycles. The molecule has 0 aliphatic rings. The van der Waals surface area contributed by atoms with Gasteiger partial charge in [0.25, 0.3) is 5.91 Å². The number of hydrogen-bond acceptors (Lipinski definition) is 4. The number of hydrogen-bond donors (Lipinski definition) is 2. The van der Waals surface area contributed by atoms with E-state index in [0.717, 1.165) is 5.56 Å². The van der Waals surface area contributed by atoms with E-state index in [1.165, 1.54) is 0 Å². The van der Waals surface area contributed by atoms with Crippen LogP contribution in [-0.4, -0.2) is 17.5 Å². The van der Waals surface area contributed by atoms with Crippen LogP contribution in [0.25, 0.3) is 0 Å². The lowest BCUT2D eigenvalue weighted by molar-refractivity contribution is 0.102. The molecule has 0 radical (unpaired) electrons. The van der Waals surface area contributed by atoms with Crippen molar-refractivity contribution in [1.29, 1.82) is 0 Å². The predicted octanol–water partition coefficient (Wildman–Crippen LogP) is 2.62. The zero-order chi connectivity index (χ0) is 14.5. The van der Waals surface area contributed by atoms with Crippen molar-refractivity contribution >= 4 is 17.3 Å². The highest BCUT2D eigenvalue weighted by molar-refractivity contribution is 6.04. The van der Waals surface area contributed by atoms with Crippen molar-refractivity contribution in [1.82, 2.24) is 4.98 Å². The Hall–Kier alpha value is -2.56. The van der Waals surface area contributed by atoms with Crippen LogP contribution >= 0.6 is 0 Å². The Bertz CT molecular complexity index is 609. The fourth-order valence-corrected chi connectivity index (χ4v) is 1.67. The molecular weight excluding hydrogens is 254 g/mol. The number of nitrogens with zero attached hydrogens (tertiary/aromatic N) is 1. The summed E-state index contributed by atoms with van der Waals surface area (Å²) in [4.78, 5) is 16.1. The van der Waals surface area contributed by atoms with Crippen LogP contribution in [0.4, 0.5) is 11.4 Å². The van der Waals surface area contributed by atoms with E-state index in [-0.39, 0.29) is 5.91 Å². The highest BCUT2D eigenvalue weighted by Crippen LogP contribution is 2.16. The Labute approximate surface area is 117 Å². The average Bonchev–Trinajstić information content (AvgIpc) is 2.44. The van der Waals surface area contributed by atoms with Gasteiger partial charge in [-0.1, -0.05) is 6.07 Å². The van der Waals surface area contributed by atoms with E-state index in [2.05, 4.69) is 10.3 Å². The van der Waals surface area contributed by atoms with Gasteiger partial charge in [-0.2, -0.15) is 0 Å². The van der Waals surface area contributed by atoms with Gasteiger partial charge in [-0.05, 0) is 37.6 Å². The average molecular weight is 271 g/mol. The normalized spacial score (nSPS) is 10.1. The van der Waals surface area contributed by atoms with Crippen molar-refractivity contribution in [2.24, 2.45) is 0 Å². The standard InChI is InChI=1S/C15H17N3O2/c1-3-20-14-7-6-12(9-17-14)18-15(19)11-5-4-10(2)13(16)8-11/h4-9H,3,16H2,1-2H3,(H,18,19). The van der Waals surface area contributed by atoms with Crippen LogP contribution in [0.3, 0.4) is 0 Å².